The van der Waals surface area contributed by atoms with Gasteiger partial charge in [-0.3, -0.25) is 14.5 Å². The predicted octanol–water partition coefficient (Wildman–Crippen LogP) is 2.61. The maximum atomic E-state index is 12.7. The minimum absolute atomic E-state index is 0.0775. The molecule has 1 fully saturated rings. The zero-order valence-electron chi connectivity index (χ0n) is 17.8. The van der Waals surface area contributed by atoms with Crippen molar-refractivity contribution in [2.75, 3.05) is 13.2 Å². The lowest BCUT2D eigenvalue weighted by atomic mass is 10.1. The van der Waals surface area contributed by atoms with Gasteiger partial charge in [-0.25, -0.2) is 14.5 Å². The van der Waals surface area contributed by atoms with Crippen LogP contribution in [0.2, 0.25) is 0 Å². The molecule has 2 atom stereocenters. The quantitative estimate of drug-likeness (QED) is 0.554. The SMILES string of the molecule is O=C(O)N[C@@H](Cc1cnc2c(cnn2C2CCCCO2)c1)CN1C(=O)c2ccccc2C1=O. The van der Waals surface area contributed by atoms with Crippen molar-refractivity contribution in [1.82, 2.24) is 25.0 Å². The van der Waals surface area contributed by atoms with Crippen LogP contribution in [0.25, 0.3) is 11.0 Å². The monoisotopic (exact) mass is 449 g/mol. The van der Waals surface area contributed by atoms with Crippen LogP contribution in [0.15, 0.2) is 42.7 Å². The Morgan fingerprint density at radius 2 is 1.94 bits per heavy atom. The number of nitrogens with one attached hydrogen (secondary N) is 1. The lowest BCUT2D eigenvalue weighted by Crippen LogP contribution is -2.46. The summed E-state index contributed by atoms with van der Waals surface area (Å²) >= 11 is 0. The van der Waals surface area contributed by atoms with Crippen molar-refractivity contribution in [3.8, 4) is 0 Å². The second kappa shape index (κ2) is 8.62. The van der Waals surface area contributed by atoms with E-state index in [1.807, 2.05) is 6.07 Å². The number of carbonyl (C=O) groups excluding carboxylic acids is 2. The van der Waals surface area contributed by atoms with Crippen LogP contribution in [-0.4, -0.2) is 61.9 Å². The van der Waals surface area contributed by atoms with Crippen LogP contribution in [0.5, 0.6) is 0 Å². The summed E-state index contributed by atoms with van der Waals surface area (Å²) in [6.07, 6.45) is 5.27. The van der Waals surface area contributed by atoms with E-state index in [4.69, 9.17) is 4.74 Å². The van der Waals surface area contributed by atoms with Crippen LogP contribution in [0.1, 0.15) is 51.8 Å². The molecule has 10 heteroatoms. The number of benzene rings is 1. The van der Waals surface area contributed by atoms with Gasteiger partial charge in [-0.1, -0.05) is 12.1 Å². The van der Waals surface area contributed by atoms with E-state index in [-0.39, 0.29) is 19.2 Å². The summed E-state index contributed by atoms with van der Waals surface area (Å²) in [7, 11) is 0. The molecule has 0 radical (unpaired) electrons. The topological polar surface area (TPSA) is 127 Å². The zero-order chi connectivity index (χ0) is 22.9. The Morgan fingerprint density at radius 3 is 2.61 bits per heavy atom. The Kier molecular flexibility index (Phi) is 5.51. The third-order valence-corrected chi connectivity index (χ3v) is 6.01. The standard InChI is InChI=1S/C23H23N5O5/c29-21-17-5-1-2-6-18(17)22(30)27(21)13-16(26-23(31)32)10-14-9-15-12-25-28(20(15)24-11-14)19-7-3-4-8-33-19/h1-2,5-6,9,11-12,16,19,26H,3-4,7-8,10,13H2,(H,31,32)/t16-,19?/m0/s1. The number of amides is 3. The average Bonchev–Trinajstić information content (AvgIpc) is 3.34. The summed E-state index contributed by atoms with van der Waals surface area (Å²) in [5.74, 6) is -0.842. The fourth-order valence-corrected chi connectivity index (χ4v) is 4.47. The molecular formula is C23H23N5O5. The van der Waals surface area contributed by atoms with E-state index >= 15 is 0 Å². The molecule has 5 rings (SSSR count). The first kappa shape index (κ1) is 21.1. The second-order valence-electron chi connectivity index (χ2n) is 8.28. The van der Waals surface area contributed by atoms with E-state index in [1.54, 1.807) is 41.3 Å². The molecule has 1 saturated heterocycles. The molecule has 0 saturated carbocycles. The van der Waals surface area contributed by atoms with Gasteiger partial charge in [0.1, 0.15) is 0 Å². The third kappa shape index (κ3) is 4.05. The lowest BCUT2D eigenvalue weighted by molar-refractivity contribution is -0.0370. The van der Waals surface area contributed by atoms with Crippen LogP contribution >= 0.6 is 0 Å². The molecule has 0 bridgehead atoms. The highest BCUT2D eigenvalue weighted by molar-refractivity contribution is 6.21. The van der Waals surface area contributed by atoms with Crippen molar-refractivity contribution in [1.29, 1.82) is 0 Å². The number of ether oxygens (including phenoxy) is 1. The normalized spacial score (nSPS) is 19.0. The van der Waals surface area contributed by atoms with Gasteiger partial charge in [-0.2, -0.15) is 5.10 Å². The minimum atomic E-state index is -1.23. The van der Waals surface area contributed by atoms with Crippen LogP contribution in [-0.2, 0) is 11.2 Å². The number of rotatable bonds is 6. The molecule has 1 unspecified atom stereocenters. The minimum Gasteiger partial charge on any atom is -0.465 e. The summed E-state index contributed by atoms with van der Waals surface area (Å²) in [6.45, 7) is 0.621. The molecule has 170 valence electrons. The summed E-state index contributed by atoms with van der Waals surface area (Å²) < 4.78 is 7.59. The molecule has 3 amide bonds. The summed E-state index contributed by atoms with van der Waals surface area (Å²) in [6, 6.07) is 7.79. The number of aromatic nitrogens is 3. The Morgan fingerprint density at radius 1 is 1.18 bits per heavy atom. The molecule has 0 aliphatic carbocycles. The molecular weight excluding hydrogens is 426 g/mol. The van der Waals surface area contributed by atoms with Crippen molar-refractivity contribution in [2.24, 2.45) is 0 Å². The van der Waals surface area contributed by atoms with Gasteiger partial charge in [0.15, 0.2) is 11.9 Å². The van der Waals surface area contributed by atoms with Gasteiger partial charge in [0, 0.05) is 18.2 Å². The first-order valence-corrected chi connectivity index (χ1v) is 10.9. The number of nitrogens with zero attached hydrogens (tertiary/aromatic N) is 4. The fraction of sp³-hybridized carbons (Fsp3) is 0.348. The van der Waals surface area contributed by atoms with Gasteiger partial charge in [0.05, 0.1) is 29.9 Å². The van der Waals surface area contributed by atoms with Gasteiger partial charge in [0.25, 0.3) is 11.8 Å². The molecule has 4 heterocycles. The number of pyridine rings is 1. The average molecular weight is 449 g/mol. The van der Waals surface area contributed by atoms with Crippen molar-refractivity contribution in [3.63, 3.8) is 0 Å². The first-order chi connectivity index (χ1) is 16.0. The molecule has 2 N–H and O–H groups in total. The highest BCUT2D eigenvalue weighted by atomic mass is 16.5. The van der Waals surface area contributed by atoms with Gasteiger partial charge in [-0.15, -0.1) is 0 Å². The Hall–Kier alpha value is -3.79. The van der Waals surface area contributed by atoms with Crippen molar-refractivity contribution < 1.29 is 24.2 Å². The molecule has 2 aromatic heterocycles. The Labute approximate surface area is 189 Å². The molecule has 1 aromatic carbocycles. The number of hydrogen-bond donors (Lipinski definition) is 2. The molecule has 33 heavy (non-hydrogen) atoms. The lowest BCUT2D eigenvalue weighted by Gasteiger charge is -2.23. The molecule has 2 aliphatic rings. The number of hydrogen-bond acceptors (Lipinski definition) is 6. The van der Waals surface area contributed by atoms with Crippen molar-refractivity contribution in [3.05, 3.63) is 59.4 Å². The molecule has 2 aliphatic heterocycles. The largest absolute Gasteiger partial charge is 0.465 e. The van der Waals surface area contributed by atoms with E-state index in [2.05, 4.69) is 15.4 Å². The number of fused-ring (bicyclic) bond motifs is 2. The van der Waals surface area contributed by atoms with Crippen LogP contribution < -0.4 is 5.32 Å². The van der Waals surface area contributed by atoms with Crippen molar-refractivity contribution in [2.45, 2.75) is 38.0 Å². The first-order valence-electron chi connectivity index (χ1n) is 10.9. The Balaban J connectivity index is 1.35. The van der Waals surface area contributed by atoms with Gasteiger partial charge >= 0.3 is 6.09 Å². The maximum absolute atomic E-state index is 12.7. The number of carboxylic acid groups (broad SMARTS) is 1. The van der Waals surface area contributed by atoms with Crippen LogP contribution in [0, 0.1) is 0 Å². The van der Waals surface area contributed by atoms with E-state index in [0.717, 1.165) is 35.1 Å². The summed E-state index contributed by atoms with van der Waals surface area (Å²) in [5.41, 5.74) is 2.13. The summed E-state index contributed by atoms with van der Waals surface area (Å²) in [4.78, 5) is 42.4. The highest BCUT2D eigenvalue weighted by Gasteiger charge is 2.36. The van der Waals surface area contributed by atoms with Crippen molar-refractivity contribution >= 4 is 28.9 Å². The second-order valence-corrected chi connectivity index (χ2v) is 8.28. The maximum Gasteiger partial charge on any atom is 0.404 e. The molecule has 0 spiro atoms. The van der Waals surface area contributed by atoms with E-state index < -0.39 is 23.9 Å². The molecule has 3 aromatic rings. The smallest absolute Gasteiger partial charge is 0.404 e. The predicted molar refractivity (Wildman–Crippen MR) is 117 cm³/mol. The Bertz CT molecular complexity index is 1200. The highest BCUT2D eigenvalue weighted by Crippen LogP contribution is 2.26. The van der Waals surface area contributed by atoms with Crippen LogP contribution in [0.4, 0.5) is 4.79 Å². The summed E-state index contributed by atoms with van der Waals surface area (Å²) in [5, 5.41) is 17.0. The van der Waals surface area contributed by atoms with Crippen LogP contribution in [0.3, 0.4) is 0 Å². The zero-order valence-corrected chi connectivity index (χ0v) is 17.8. The number of imide groups is 1. The molecule has 10 nitrogen and oxygen atoms in total. The number of carbonyl (C=O) groups is 3. The van der Waals surface area contributed by atoms with E-state index in [9.17, 15) is 19.5 Å². The van der Waals surface area contributed by atoms with Gasteiger partial charge in [0.2, 0.25) is 0 Å². The van der Waals surface area contributed by atoms with Gasteiger partial charge in [-0.05, 0) is 49.4 Å². The van der Waals surface area contributed by atoms with E-state index in [0.29, 0.717) is 23.4 Å². The van der Waals surface area contributed by atoms with Gasteiger partial charge < -0.3 is 15.2 Å². The van der Waals surface area contributed by atoms with E-state index in [1.165, 1.54) is 0 Å². The third-order valence-electron chi connectivity index (χ3n) is 6.01. The fourth-order valence-electron chi connectivity index (χ4n) is 4.47.